The van der Waals surface area contributed by atoms with Crippen LogP contribution in [0.2, 0.25) is 0 Å². The molecule has 0 aliphatic heterocycles. The van der Waals surface area contributed by atoms with Crippen molar-refractivity contribution in [3.8, 4) is 5.75 Å². The second kappa shape index (κ2) is 11.3. The molecule has 1 N–H and O–H groups in total. The van der Waals surface area contributed by atoms with Crippen LogP contribution in [0.4, 0.5) is 5.69 Å². The van der Waals surface area contributed by atoms with Crippen molar-refractivity contribution >= 4 is 23.4 Å². The Labute approximate surface area is 136 Å². The maximum atomic E-state index is 11.6. The normalized spacial score (nSPS) is 12.0. The molecule has 0 radical (unpaired) electrons. The van der Waals surface area contributed by atoms with E-state index in [0.717, 1.165) is 17.2 Å². The zero-order valence-corrected chi connectivity index (χ0v) is 14.3. The van der Waals surface area contributed by atoms with Gasteiger partial charge < -0.3 is 19.5 Å². The summed E-state index contributed by atoms with van der Waals surface area (Å²) in [5.74, 6) is 1.59. The molecular weight excluding hydrogens is 302 g/mol. The summed E-state index contributed by atoms with van der Waals surface area (Å²) in [4.78, 5) is 11.6. The first kappa shape index (κ1) is 18.8. The lowest BCUT2D eigenvalue weighted by Crippen LogP contribution is -2.25. The molecule has 5 nitrogen and oxygen atoms in total. The standard InChI is InChI=1S/C16H25NO4S/c1-4-20-11-15(19-2)12-21-14-7-5-13(6-8-14)17-16(18)9-10-22-3/h5-8,15H,4,9-12H2,1-3H3,(H,17,18). The van der Waals surface area contributed by atoms with Crippen molar-refractivity contribution < 1.29 is 19.0 Å². The van der Waals surface area contributed by atoms with Crippen molar-refractivity contribution in [1.82, 2.24) is 0 Å². The minimum Gasteiger partial charge on any atom is -0.491 e. The molecule has 0 aliphatic carbocycles. The number of anilines is 1. The van der Waals surface area contributed by atoms with Gasteiger partial charge in [-0.1, -0.05) is 0 Å². The Morgan fingerprint density at radius 2 is 2.00 bits per heavy atom. The minimum atomic E-state index is -0.0918. The van der Waals surface area contributed by atoms with Crippen LogP contribution < -0.4 is 10.1 Å². The highest BCUT2D eigenvalue weighted by atomic mass is 32.2. The van der Waals surface area contributed by atoms with Gasteiger partial charge in [-0.05, 0) is 37.4 Å². The van der Waals surface area contributed by atoms with Crippen LogP contribution in [0.5, 0.6) is 5.75 Å². The summed E-state index contributed by atoms with van der Waals surface area (Å²) in [6.07, 6.45) is 2.41. The van der Waals surface area contributed by atoms with Gasteiger partial charge in [0.05, 0.1) is 6.61 Å². The highest BCUT2D eigenvalue weighted by Gasteiger charge is 2.08. The number of ether oxygens (including phenoxy) is 3. The Hall–Kier alpha value is -1.24. The predicted octanol–water partition coefficient (Wildman–Crippen LogP) is 2.81. The Kier molecular flexibility index (Phi) is 9.70. The van der Waals surface area contributed by atoms with E-state index in [1.807, 2.05) is 37.4 Å². The fourth-order valence-electron chi connectivity index (χ4n) is 1.68. The summed E-state index contributed by atoms with van der Waals surface area (Å²) in [7, 11) is 1.64. The molecule has 0 saturated carbocycles. The van der Waals surface area contributed by atoms with E-state index in [2.05, 4.69) is 5.32 Å². The van der Waals surface area contributed by atoms with Gasteiger partial charge in [0.15, 0.2) is 0 Å². The molecule has 1 amide bonds. The topological polar surface area (TPSA) is 56.8 Å². The zero-order chi connectivity index (χ0) is 16.2. The van der Waals surface area contributed by atoms with Gasteiger partial charge in [0.1, 0.15) is 18.5 Å². The van der Waals surface area contributed by atoms with Gasteiger partial charge in [0.25, 0.3) is 0 Å². The van der Waals surface area contributed by atoms with Crippen molar-refractivity contribution in [3.63, 3.8) is 0 Å². The number of nitrogens with one attached hydrogen (secondary N) is 1. The molecule has 22 heavy (non-hydrogen) atoms. The van der Waals surface area contributed by atoms with Crippen molar-refractivity contribution in [2.45, 2.75) is 19.4 Å². The van der Waals surface area contributed by atoms with Crippen LogP contribution in [0.25, 0.3) is 0 Å². The first-order valence-corrected chi connectivity index (χ1v) is 8.71. The lowest BCUT2D eigenvalue weighted by atomic mass is 10.3. The van der Waals surface area contributed by atoms with Crippen LogP contribution in [0.3, 0.4) is 0 Å². The molecule has 0 aromatic heterocycles. The number of carbonyl (C=O) groups excluding carboxylic acids is 1. The highest BCUT2D eigenvalue weighted by Crippen LogP contribution is 2.16. The van der Waals surface area contributed by atoms with Crippen LogP contribution in [-0.2, 0) is 14.3 Å². The van der Waals surface area contributed by atoms with Crippen molar-refractivity contribution in [3.05, 3.63) is 24.3 Å². The summed E-state index contributed by atoms with van der Waals surface area (Å²) in [5, 5.41) is 2.86. The fourth-order valence-corrected chi connectivity index (χ4v) is 2.06. The SMILES string of the molecule is CCOCC(COc1ccc(NC(=O)CCSC)cc1)OC. The first-order valence-electron chi connectivity index (χ1n) is 7.31. The Morgan fingerprint density at radius 1 is 1.27 bits per heavy atom. The Bertz CT molecular complexity index is 425. The van der Waals surface area contributed by atoms with E-state index in [0.29, 0.717) is 26.2 Å². The monoisotopic (exact) mass is 327 g/mol. The molecule has 0 fully saturated rings. The van der Waals surface area contributed by atoms with Gasteiger partial charge in [-0.3, -0.25) is 4.79 Å². The van der Waals surface area contributed by atoms with Crippen LogP contribution in [-0.4, -0.2) is 51.0 Å². The van der Waals surface area contributed by atoms with Crippen LogP contribution in [0, 0.1) is 0 Å². The molecule has 1 unspecified atom stereocenters. The molecule has 0 saturated heterocycles. The number of carbonyl (C=O) groups is 1. The lowest BCUT2D eigenvalue weighted by molar-refractivity contribution is -0.115. The van der Waals surface area contributed by atoms with Gasteiger partial charge in [-0.25, -0.2) is 0 Å². The van der Waals surface area contributed by atoms with Gasteiger partial charge in [0, 0.05) is 31.6 Å². The number of benzene rings is 1. The number of thioether (sulfide) groups is 1. The van der Waals surface area contributed by atoms with E-state index in [4.69, 9.17) is 14.2 Å². The highest BCUT2D eigenvalue weighted by molar-refractivity contribution is 7.98. The average molecular weight is 327 g/mol. The molecule has 0 bridgehead atoms. The summed E-state index contributed by atoms with van der Waals surface area (Å²) < 4.78 is 16.3. The molecule has 0 aliphatic rings. The Morgan fingerprint density at radius 3 is 2.59 bits per heavy atom. The van der Waals surface area contributed by atoms with Crippen molar-refractivity contribution in [2.24, 2.45) is 0 Å². The average Bonchev–Trinajstić information content (AvgIpc) is 2.54. The summed E-state index contributed by atoms with van der Waals surface area (Å²) >= 11 is 1.66. The van der Waals surface area contributed by atoms with Crippen molar-refractivity contribution in [2.75, 3.05) is 44.3 Å². The summed E-state index contributed by atoms with van der Waals surface area (Å²) in [6, 6.07) is 7.32. The summed E-state index contributed by atoms with van der Waals surface area (Å²) in [5.41, 5.74) is 0.774. The van der Waals surface area contributed by atoms with Crippen LogP contribution in [0.1, 0.15) is 13.3 Å². The van der Waals surface area contributed by atoms with Crippen molar-refractivity contribution in [1.29, 1.82) is 0 Å². The predicted molar refractivity (Wildman–Crippen MR) is 90.9 cm³/mol. The molecule has 1 atom stereocenters. The third kappa shape index (κ3) is 7.68. The molecule has 1 aromatic carbocycles. The number of methoxy groups -OCH3 is 1. The number of amides is 1. The number of hydrogen-bond acceptors (Lipinski definition) is 5. The van der Waals surface area contributed by atoms with Gasteiger partial charge in [-0.15, -0.1) is 0 Å². The van der Waals surface area contributed by atoms with E-state index < -0.39 is 0 Å². The minimum absolute atomic E-state index is 0.0270. The van der Waals surface area contributed by atoms with E-state index in [9.17, 15) is 4.79 Å². The van der Waals surface area contributed by atoms with E-state index in [1.165, 1.54) is 0 Å². The van der Waals surface area contributed by atoms with Crippen LogP contribution >= 0.6 is 11.8 Å². The van der Waals surface area contributed by atoms with Crippen LogP contribution in [0.15, 0.2) is 24.3 Å². The molecule has 1 rings (SSSR count). The molecule has 1 aromatic rings. The van der Waals surface area contributed by atoms with E-state index in [1.54, 1.807) is 18.9 Å². The lowest BCUT2D eigenvalue weighted by Gasteiger charge is -2.16. The maximum Gasteiger partial charge on any atom is 0.225 e. The first-order chi connectivity index (χ1) is 10.7. The fraction of sp³-hybridized carbons (Fsp3) is 0.562. The molecule has 0 heterocycles. The maximum absolute atomic E-state index is 11.6. The zero-order valence-electron chi connectivity index (χ0n) is 13.5. The molecule has 0 spiro atoms. The summed E-state index contributed by atoms with van der Waals surface area (Å²) in [6.45, 7) is 3.54. The number of rotatable bonds is 11. The van der Waals surface area contributed by atoms with E-state index in [-0.39, 0.29) is 12.0 Å². The molecule has 6 heteroatoms. The van der Waals surface area contributed by atoms with Gasteiger partial charge in [-0.2, -0.15) is 11.8 Å². The quantitative estimate of drug-likeness (QED) is 0.677. The second-order valence-corrected chi connectivity index (χ2v) is 5.63. The largest absolute Gasteiger partial charge is 0.491 e. The van der Waals surface area contributed by atoms with Gasteiger partial charge >= 0.3 is 0 Å². The Balaban J connectivity index is 2.39. The number of hydrogen-bond donors (Lipinski definition) is 1. The second-order valence-electron chi connectivity index (χ2n) is 4.64. The third-order valence-corrected chi connectivity index (χ3v) is 3.56. The molecule has 124 valence electrons. The third-order valence-electron chi connectivity index (χ3n) is 2.95. The molecular formula is C16H25NO4S. The van der Waals surface area contributed by atoms with Gasteiger partial charge in [0.2, 0.25) is 5.91 Å². The van der Waals surface area contributed by atoms with E-state index >= 15 is 0 Å². The smallest absolute Gasteiger partial charge is 0.225 e.